The van der Waals surface area contributed by atoms with Crippen molar-refractivity contribution in [2.75, 3.05) is 32.7 Å². The van der Waals surface area contributed by atoms with E-state index in [1.54, 1.807) is 11.3 Å². The van der Waals surface area contributed by atoms with Crippen molar-refractivity contribution < 1.29 is 4.79 Å². The van der Waals surface area contributed by atoms with E-state index in [9.17, 15) is 4.79 Å². The van der Waals surface area contributed by atoms with Crippen molar-refractivity contribution >= 4 is 17.2 Å². The van der Waals surface area contributed by atoms with E-state index in [0.29, 0.717) is 5.92 Å². The fraction of sp³-hybridized carbons (Fsp3) is 0.765. The number of likely N-dealkylation sites (tertiary alicyclic amines) is 1. The molecule has 0 saturated carbocycles. The van der Waals surface area contributed by atoms with E-state index >= 15 is 0 Å². The highest BCUT2D eigenvalue weighted by atomic mass is 32.1. The van der Waals surface area contributed by atoms with Crippen LogP contribution >= 0.6 is 11.3 Å². The molecule has 1 aromatic heterocycles. The maximum absolute atomic E-state index is 12.1. The number of rotatable bonds is 6. The third-order valence-electron chi connectivity index (χ3n) is 5.04. The smallest absolute Gasteiger partial charge is 0.237 e. The lowest BCUT2D eigenvalue weighted by molar-refractivity contribution is -0.123. The lowest BCUT2D eigenvalue weighted by atomic mass is 9.97. The van der Waals surface area contributed by atoms with Gasteiger partial charge in [0.1, 0.15) is 0 Å². The second-order valence-corrected chi connectivity index (χ2v) is 7.75. The topological polar surface area (TPSA) is 57.3 Å². The van der Waals surface area contributed by atoms with Crippen LogP contribution < -0.4 is 10.6 Å². The first kappa shape index (κ1) is 16.9. The number of carbonyl (C=O) groups is 1. The zero-order valence-corrected chi connectivity index (χ0v) is 14.8. The number of aryl methyl sites for hydroxylation is 1. The van der Waals surface area contributed by atoms with Crippen LogP contribution in [0, 0.1) is 12.8 Å². The Morgan fingerprint density at radius 2 is 2.39 bits per heavy atom. The van der Waals surface area contributed by atoms with Gasteiger partial charge in [-0.25, -0.2) is 4.98 Å². The van der Waals surface area contributed by atoms with Gasteiger partial charge in [-0.1, -0.05) is 0 Å². The molecule has 2 aliphatic rings. The number of hydrogen-bond acceptors (Lipinski definition) is 5. The number of amides is 1. The quantitative estimate of drug-likeness (QED) is 0.828. The standard InChI is InChI=1S/C17H28N4OS/c1-13-16(23-12-20-13)6-9-21-8-3-4-14(11-21)10-19-17(22)15-5-2-7-18-15/h12,14-15,18H,2-11H2,1H3,(H,19,22). The summed E-state index contributed by atoms with van der Waals surface area (Å²) in [4.78, 5) is 20.4. The van der Waals surface area contributed by atoms with Crippen molar-refractivity contribution in [3.63, 3.8) is 0 Å². The summed E-state index contributed by atoms with van der Waals surface area (Å²) in [6.45, 7) is 7.30. The van der Waals surface area contributed by atoms with Crippen LogP contribution in [-0.4, -0.2) is 54.6 Å². The number of hydrogen-bond donors (Lipinski definition) is 2. The van der Waals surface area contributed by atoms with E-state index in [0.717, 1.165) is 45.4 Å². The van der Waals surface area contributed by atoms with Gasteiger partial charge in [-0.2, -0.15) is 0 Å². The van der Waals surface area contributed by atoms with Crippen LogP contribution in [0.4, 0.5) is 0 Å². The SMILES string of the molecule is Cc1ncsc1CCN1CCCC(CNC(=O)C2CCCN2)C1. The van der Waals surface area contributed by atoms with Crippen molar-refractivity contribution in [3.8, 4) is 0 Å². The van der Waals surface area contributed by atoms with Gasteiger partial charge in [-0.15, -0.1) is 11.3 Å². The Balaban J connectivity index is 1.39. The molecule has 128 valence electrons. The number of thiazole rings is 1. The van der Waals surface area contributed by atoms with E-state index in [-0.39, 0.29) is 11.9 Å². The summed E-state index contributed by atoms with van der Waals surface area (Å²) in [5.74, 6) is 0.788. The first-order valence-corrected chi connectivity index (χ1v) is 9.73. The third-order valence-corrected chi connectivity index (χ3v) is 6.04. The molecule has 3 rings (SSSR count). The third kappa shape index (κ3) is 4.75. The molecule has 2 atom stereocenters. The minimum Gasteiger partial charge on any atom is -0.354 e. The fourth-order valence-electron chi connectivity index (χ4n) is 3.62. The molecule has 0 aromatic carbocycles. The van der Waals surface area contributed by atoms with Gasteiger partial charge in [0, 0.05) is 24.5 Å². The summed E-state index contributed by atoms with van der Waals surface area (Å²) in [6.07, 6.45) is 5.67. The zero-order chi connectivity index (χ0) is 16.1. The molecule has 3 heterocycles. The van der Waals surface area contributed by atoms with E-state index in [1.807, 2.05) is 5.51 Å². The predicted molar refractivity (Wildman–Crippen MR) is 93.8 cm³/mol. The van der Waals surface area contributed by atoms with Crippen molar-refractivity contribution in [1.82, 2.24) is 20.5 Å². The highest BCUT2D eigenvalue weighted by molar-refractivity contribution is 7.09. The maximum Gasteiger partial charge on any atom is 0.237 e. The number of carbonyl (C=O) groups excluding carboxylic acids is 1. The Morgan fingerprint density at radius 3 is 3.13 bits per heavy atom. The van der Waals surface area contributed by atoms with Crippen molar-refractivity contribution in [2.24, 2.45) is 5.92 Å². The Bertz CT molecular complexity index is 512. The molecule has 0 radical (unpaired) electrons. The van der Waals surface area contributed by atoms with Crippen LogP contribution in [0.2, 0.25) is 0 Å². The highest BCUT2D eigenvalue weighted by Crippen LogP contribution is 2.18. The second-order valence-electron chi connectivity index (χ2n) is 6.81. The van der Waals surface area contributed by atoms with Crippen molar-refractivity contribution in [3.05, 3.63) is 16.1 Å². The van der Waals surface area contributed by atoms with Crippen LogP contribution in [0.15, 0.2) is 5.51 Å². The van der Waals surface area contributed by atoms with Gasteiger partial charge < -0.3 is 15.5 Å². The van der Waals surface area contributed by atoms with Crippen LogP contribution in [0.5, 0.6) is 0 Å². The number of nitrogens with zero attached hydrogens (tertiary/aromatic N) is 2. The maximum atomic E-state index is 12.1. The zero-order valence-electron chi connectivity index (χ0n) is 14.0. The number of piperidine rings is 1. The molecule has 2 fully saturated rings. The number of aromatic nitrogens is 1. The van der Waals surface area contributed by atoms with E-state index in [4.69, 9.17) is 0 Å². The fourth-order valence-corrected chi connectivity index (χ4v) is 4.39. The molecule has 2 N–H and O–H groups in total. The van der Waals surface area contributed by atoms with Crippen LogP contribution in [0.25, 0.3) is 0 Å². The first-order chi connectivity index (χ1) is 11.2. The summed E-state index contributed by atoms with van der Waals surface area (Å²) in [5.41, 5.74) is 3.12. The molecule has 2 aliphatic heterocycles. The van der Waals surface area contributed by atoms with Crippen LogP contribution in [0.1, 0.15) is 36.3 Å². The monoisotopic (exact) mass is 336 g/mol. The van der Waals surface area contributed by atoms with E-state index in [1.165, 1.54) is 30.0 Å². The van der Waals surface area contributed by atoms with Gasteiger partial charge in [-0.05, 0) is 58.0 Å². The van der Waals surface area contributed by atoms with Gasteiger partial charge in [-0.3, -0.25) is 4.79 Å². The Hall–Kier alpha value is -0.980. The van der Waals surface area contributed by atoms with Gasteiger partial charge >= 0.3 is 0 Å². The normalized spacial score (nSPS) is 25.6. The molecule has 6 heteroatoms. The summed E-state index contributed by atoms with van der Waals surface area (Å²) in [5, 5.41) is 6.42. The molecule has 5 nitrogen and oxygen atoms in total. The van der Waals surface area contributed by atoms with Crippen LogP contribution in [0.3, 0.4) is 0 Å². The molecule has 0 aliphatic carbocycles. The molecular weight excluding hydrogens is 308 g/mol. The molecule has 23 heavy (non-hydrogen) atoms. The first-order valence-electron chi connectivity index (χ1n) is 8.85. The Kier molecular flexibility index (Phi) is 6.02. The Morgan fingerprint density at radius 1 is 1.48 bits per heavy atom. The molecule has 1 aromatic rings. The van der Waals surface area contributed by atoms with Gasteiger partial charge in [0.15, 0.2) is 0 Å². The molecule has 0 spiro atoms. The molecule has 2 unspecified atom stereocenters. The van der Waals surface area contributed by atoms with Crippen molar-refractivity contribution in [2.45, 2.75) is 45.1 Å². The largest absolute Gasteiger partial charge is 0.354 e. The van der Waals surface area contributed by atoms with E-state index < -0.39 is 0 Å². The lowest BCUT2D eigenvalue weighted by Gasteiger charge is -2.33. The average molecular weight is 337 g/mol. The molecule has 2 saturated heterocycles. The van der Waals surface area contributed by atoms with E-state index in [2.05, 4.69) is 27.4 Å². The lowest BCUT2D eigenvalue weighted by Crippen LogP contribution is -2.45. The van der Waals surface area contributed by atoms with Gasteiger partial charge in [0.25, 0.3) is 0 Å². The van der Waals surface area contributed by atoms with Gasteiger partial charge in [0.05, 0.1) is 17.2 Å². The molecule has 0 bridgehead atoms. The second kappa shape index (κ2) is 8.22. The van der Waals surface area contributed by atoms with Gasteiger partial charge in [0.2, 0.25) is 5.91 Å². The average Bonchev–Trinajstić information content (AvgIpc) is 3.23. The molecular formula is C17H28N4OS. The predicted octanol–water partition coefficient (Wildman–Crippen LogP) is 1.57. The summed E-state index contributed by atoms with van der Waals surface area (Å²) in [7, 11) is 0. The minimum atomic E-state index is 0.0454. The minimum absolute atomic E-state index is 0.0454. The molecule has 1 amide bonds. The number of nitrogens with one attached hydrogen (secondary N) is 2. The summed E-state index contributed by atoms with van der Waals surface area (Å²) in [6, 6.07) is 0.0454. The summed E-state index contributed by atoms with van der Waals surface area (Å²) < 4.78 is 0. The Labute approximate surface area is 142 Å². The van der Waals surface area contributed by atoms with Crippen molar-refractivity contribution in [1.29, 1.82) is 0 Å². The van der Waals surface area contributed by atoms with Crippen LogP contribution in [-0.2, 0) is 11.2 Å². The highest BCUT2D eigenvalue weighted by Gasteiger charge is 2.24. The summed E-state index contributed by atoms with van der Waals surface area (Å²) >= 11 is 1.77.